The Bertz CT molecular complexity index is 449. The number of nitrogens with zero attached hydrogens (tertiary/aromatic N) is 1. The molecule has 0 aliphatic carbocycles. The van der Waals surface area contributed by atoms with E-state index in [4.69, 9.17) is 0 Å². The van der Waals surface area contributed by atoms with Gasteiger partial charge in [-0.05, 0) is 24.1 Å². The van der Waals surface area contributed by atoms with Crippen molar-refractivity contribution in [3.05, 3.63) is 29.8 Å². The fourth-order valence-corrected chi connectivity index (χ4v) is 1.61. The summed E-state index contributed by atoms with van der Waals surface area (Å²) in [5, 5.41) is 9.20. The molecular weight excluding hydrogens is 367 g/mol. The third-order valence-electron chi connectivity index (χ3n) is 2.47. The molecule has 0 spiro atoms. The molecule has 0 atom stereocenters. The molecule has 1 aromatic rings. The Hall–Kier alpha value is -1.31. The monoisotopic (exact) mass is 390 g/mol. The average molecular weight is 390 g/mol. The zero-order valence-electron chi connectivity index (χ0n) is 12.2. The highest BCUT2D eigenvalue weighted by molar-refractivity contribution is 14.0. The number of hydrogen-bond acceptors (Lipinski definition) is 2. The molecule has 0 unspecified atom stereocenters. The van der Waals surface area contributed by atoms with Gasteiger partial charge in [-0.25, -0.2) is 0 Å². The molecule has 6 heteroatoms. The van der Waals surface area contributed by atoms with Gasteiger partial charge < -0.3 is 16.0 Å². The number of aliphatic imine (C=N–C) groups is 1. The number of carbonyl (C=O) groups excluding carboxylic acids is 1. The maximum Gasteiger partial charge on any atom is 0.221 e. The van der Waals surface area contributed by atoms with Crippen molar-refractivity contribution in [1.82, 2.24) is 10.6 Å². The van der Waals surface area contributed by atoms with Crippen LogP contribution in [-0.2, 0) is 11.3 Å². The second kappa shape index (κ2) is 10.5. The summed E-state index contributed by atoms with van der Waals surface area (Å²) in [6.45, 7) is 5.17. The van der Waals surface area contributed by atoms with Crippen LogP contribution in [0.1, 0.15) is 25.8 Å². The molecule has 112 valence electrons. The Morgan fingerprint density at radius 1 is 1.30 bits per heavy atom. The number of halogens is 1. The molecule has 5 nitrogen and oxygen atoms in total. The Balaban J connectivity index is 0.00000361. The molecule has 0 bridgehead atoms. The van der Waals surface area contributed by atoms with Gasteiger partial charge in [0.15, 0.2) is 5.96 Å². The lowest BCUT2D eigenvalue weighted by molar-refractivity contribution is -0.114. The van der Waals surface area contributed by atoms with Gasteiger partial charge in [0.05, 0.1) is 0 Å². The Kier molecular flexibility index (Phi) is 9.79. The van der Waals surface area contributed by atoms with Gasteiger partial charge in [-0.1, -0.05) is 19.1 Å². The van der Waals surface area contributed by atoms with Crippen LogP contribution in [0.5, 0.6) is 0 Å². The second-order valence-electron chi connectivity index (χ2n) is 4.23. The van der Waals surface area contributed by atoms with E-state index in [2.05, 4.69) is 27.9 Å². The van der Waals surface area contributed by atoms with Crippen molar-refractivity contribution in [3.63, 3.8) is 0 Å². The molecule has 1 aromatic carbocycles. The maximum atomic E-state index is 11.0. The van der Waals surface area contributed by atoms with E-state index in [1.165, 1.54) is 6.92 Å². The lowest BCUT2D eigenvalue weighted by Gasteiger charge is -2.11. The lowest BCUT2D eigenvalue weighted by Crippen LogP contribution is -2.37. The van der Waals surface area contributed by atoms with Gasteiger partial charge in [0.2, 0.25) is 5.91 Å². The van der Waals surface area contributed by atoms with E-state index in [1.54, 1.807) is 7.05 Å². The number of guanidine groups is 1. The Morgan fingerprint density at radius 3 is 2.65 bits per heavy atom. The maximum absolute atomic E-state index is 11.0. The van der Waals surface area contributed by atoms with Crippen molar-refractivity contribution in [2.75, 3.05) is 18.9 Å². The summed E-state index contributed by atoms with van der Waals surface area (Å²) in [6, 6.07) is 7.74. The van der Waals surface area contributed by atoms with E-state index in [0.717, 1.165) is 30.2 Å². The van der Waals surface area contributed by atoms with Crippen molar-refractivity contribution in [3.8, 4) is 0 Å². The first-order valence-corrected chi connectivity index (χ1v) is 6.46. The highest BCUT2D eigenvalue weighted by Crippen LogP contribution is 2.10. The normalized spacial score (nSPS) is 10.4. The molecule has 0 saturated heterocycles. The van der Waals surface area contributed by atoms with Crippen molar-refractivity contribution in [2.24, 2.45) is 4.99 Å². The van der Waals surface area contributed by atoms with Crippen LogP contribution in [0.2, 0.25) is 0 Å². The Labute approximate surface area is 137 Å². The summed E-state index contributed by atoms with van der Waals surface area (Å²) in [6.07, 6.45) is 1.05. The third kappa shape index (κ3) is 7.32. The van der Waals surface area contributed by atoms with Crippen LogP contribution in [0, 0.1) is 0 Å². The molecule has 0 heterocycles. The quantitative estimate of drug-likeness (QED) is 0.411. The number of carbonyl (C=O) groups is 1. The number of amides is 1. The molecule has 0 aromatic heterocycles. The predicted octanol–water partition coefficient (Wildman–Crippen LogP) is 2.34. The van der Waals surface area contributed by atoms with E-state index in [1.807, 2.05) is 24.3 Å². The third-order valence-corrected chi connectivity index (χ3v) is 2.47. The fraction of sp³-hybridized carbons (Fsp3) is 0.429. The first-order valence-electron chi connectivity index (χ1n) is 6.46. The van der Waals surface area contributed by atoms with E-state index in [9.17, 15) is 4.79 Å². The highest BCUT2D eigenvalue weighted by Gasteiger charge is 2.00. The topological polar surface area (TPSA) is 65.5 Å². The van der Waals surface area contributed by atoms with E-state index in [-0.39, 0.29) is 29.9 Å². The van der Waals surface area contributed by atoms with Gasteiger partial charge in [-0.15, -0.1) is 24.0 Å². The number of rotatable bonds is 5. The molecule has 0 aliphatic heterocycles. The van der Waals surface area contributed by atoms with Crippen LogP contribution in [0.3, 0.4) is 0 Å². The van der Waals surface area contributed by atoms with Crippen LogP contribution in [0.4, 0.5) is 5.69 Å². The second-order valence-corrected chi connectivity index (χ2v) is 4.23. The van der Waals surface area contributed by atoms with Gasteiger partial charge in [0.1, 0.15) is 0 Å². The van der Waals surface area contributed by atoms with Gasteiger partial charge in [0, 0.05) is 32.7 Å². The number of nitrogens with one attached hydrogen (secondary N) is 3. The van der Waals surface area contributed by atoms with E-state index < -0.39 is 0 Å². The zero-order chi connectivity index (χ0) is 14.1. The summed E-state index contributed by atoms with van der Waals surface area (Å²) >= 11 is 0. The van der Waals surface area contributed by atoms with Crippen LogP contribution in [0.15, 0.2) is 29.3 Å². The molecular formula is C14H23IN4O. The van der Waals surface area contributed by atoms with E-state index >= 15 is 0 Å². The van der Waals surface area contributed by atoms with Gasteiger partial charge in [-0.3, -0.25) is 9.79 Å². The highest BCUT2D eigenvalue weighted by atomic mass is 127. The number of anilines is 1. The Morgan fingerprint density at radius 2 is 2.05 bits per heavy atom. The summed E-state index contributed by atoms with van der Waals surface area (Å²) in [7, 11) is 1.75. The minimum absolute atomic E-state index is 0. The number of benzene rings is 1. The zero-order valence-corrected chi connectivity index (χ0v) is 14.5. The lowest BCUT2D eigenvalue weighted by atomic mass is 10.2. The molecule has 3 N–H and O–H groups in total. The van der Waals surface area contributed by atoms with Gasteiger partial charge in [-0.2, -0.15) is 0 Å². The molecule has 1 rings (SSSR count). The van der Waals surface area contributed by atoms with Crippen LogP contribution >= 0.6 is 24.0 Å². The van der Waals surface area contributed by atoms with Crippen LogP contribution in [-0.4, -0.2) is 25.5 Å². The van der Waals surface area contributed by atoms with Crippen LogP contribution in [0.25, 0.3) is 0 Å². The predicted molar refractivity (Wildman–Crippen MR) is 94.7 cm³/mol. The van der Waals surface area contributed by atoms with Crippen LogP contribution < -0.4 is 16.0 Å². The van der Waals surface area contributed by atoms with Crippen molar-refractivity contribution >= 4 is 41.5 Å². The summed E-state index contributed by atoms with van der Waals surface area (Å²) in [4.78, 5) is 15.1. The minimum atomic E-state index is -0.0643. The molecule has 0 saturated carbocycles. The standard InChI is InChI=1S/C14H22N4O.HI/c1-4-8-16-14(15-3)17-10-12-6-5-7-13(9-12)18-11(2)19;/h5-7,9H,4,8,10H2,1-3H3,(H,18,19)(H2,15,16,17);1H. The molecule has 20 heavy (non-hydrogen) atoms. The molecule has 0 aliphatic rings. The fourth-order valence-electron chi connectivity index (χ4n) is 1.61. The van der Waals surface area contributed by atoms with Gasteiger partial charge >= 0.3 is 0 Å². The minimum Gasteiger partial charge on any atom is -0.356 e. The first kappa shape index (κ1) is 18.7. The smallest absolute Gasteiger partial charge is 0.221 e. The van der Waals surface area contributed by atoms with Crippen molar-refractivity contribution in [1.29, 1.82) is 0 Å². The van der Waals surface area contributed by atoms with Gasteiger partial charge in [0.25, 0.3) is 0 Å². The van der Waals surface area contributed by atoms with E-state index in [0.29, 0.717) is 6.54 Å². The van der Waals surface area contributed by atoms with Crippen molar-refractivity contribution < 1.29 is 4.79 Å². The number of hydrogen-bond donors (Lipinski definition) is 3. The first-order chi connectivity index (χ1) is 9.15. The molecule has 1 amide bonds. The molecule has 0 fully saturated rings. The average Bonchev–Trinajstić information content (AvgIpc) is 2.38. The molecule has 0 radical (unpaired) electrons. The largest absolute Gasteiger partial charge is 0.356 e. The summed E-state index contributed by atoms with van der Waals surface area (Å²) in [5.74, 6) is 0.720. The van der Waals surface area contributed by atoms with Crippen molar-refractivity contribution in [2.45, 2.75) is 26.8 Å². The summed E-state index contributed by atoms with van der Waals surface area (Å²) in [5.41, 5.74) is 1.90. The SMILES string of the molecule is CCCNC(=NC)NCc1cccc(NC(C)=O)c1.I. The summed E-state index contributed by atoms with van der Waals surface area (Å²) < 4.78 is 0.